The summed E-state index contributed by atoms with van der Waals surface area (Å²) in [6, 6.07) is 0. The summed E-state index contributed by atoms with van der Waals surface area (Å²) in [5, 5.41) is 11.8. The topological polar surface area (TPSA) is 71.5 Å². The first-order chi connectivity index (χ1) is 5.56. The fraction of sp³-hybridized carbons (Fsp3) is 0.714. The number of nitrogens with zero attached hydrogens (tertiary/aromatic N) is 1. The monoisotopic (exact) mass is 187 g/mol. The van der Waals surface area contributed by atoms with Gasteiger partial charge in [-0.2, -0.15) is 0 Å². The van der Waals surface area contributed by atoms with Crippen LogP contribution in [0, 0.1) is 5.41 Å². The summed E-state index contributed by atoms with van der Waals surface area (Å²) in [5.74, 6) is 0. The van der Waals surface area contributed by atoms with Crippen molar-refractivity contribution in [1.82, 2.24) is 0 Å². The minimum Gasteiger partial charge on any atom is -0.388 e. The smallest absolute Gasteiger partial charge is 0.157 e. The van der Waals surface area contributed by atoms with E-state index in [0.29, 0.717) is 0 Å². The second kappa shape index (κ2) is 3.35. The third kappa shape index (κ3) is 2.14. The quantitative estimate of drug-likeness (QED) is 0.483. The van der Waals surface area contributed by atoms with Crippen molar-refractivity contribution in [3.63, 3.8) is 0 Å². The highest BCUT2D eigenvalue weighted by atomic mass is 32.2. The first-order valence-electron chi connectivity index (χ1n) is 3.82. The van der Waals surface area contributed by atoms with Gasteiger partial charge >= 0.3 is 0 Å². The molecule has 0 aromatic rings. The number of rotatable bonds is 1. The summed E-state index contributed by atoms with van der Waals surface area (Å²) in [6.45, 7) is 4.06. The third-order valence-electron chi connectivity index (χ3n) is 1.87. The molecule has 0 amide bonds. The zero-order valence-corrected chi connectivity index (χ0v) is 8.07. The SMILES string of the molecule is CCC1(C)CC(SC(=N)N)=NO1. The molecular weight excluding hydrogens is 174 g/mol. The second-order valence-electron chi connectivity index (χ2n) is 3.02. The Kier molecular flexibility index (Phi) is 2.62. The standard InChI is InChI=1S/C7H13N3OS/c1-3-7(2)4-5(10-11-7)12-6(8)9/h3-4H2,1-2H3,(H3,8,9). The molecule has 12 heavy (non-hydrogen) atoms. The largest absolute Gasteiger partial charge is 0.388 e. The molecule has 68 valence electrons. The van der Waals surface area contributed by atoms with Gasteiger partial charge in [-0.05, 0) is 25.1 Å². The molecule has 0 fully saturated rings. The van der Waals surface area contributed by atoms with Crippen LogP contribution in [0.5, 0.6) is 0 Å². The maximum absolute atomic E-state index is 7.05. The average Bonchev–Trinajstić information content (AvgIpc) is 2.32. The summed E-state index contributed by atoms with van der Waals surface area (Å²) in [5.41, 5.74) is 5.03. The predicted octanol–water partition coefficient (Wildman–Crippen LogP) is 1.52. The lowest BCUT2D eigenvalue weighted by atomic mass is 10.0. The van der Waals surface area contributed by atoms with Gasteiger partial charge in [0.2, 0.25) is 0 Å². The number of amidine groups is 1. The van der Waals surface area contributed by atoms with E-state index in [-0.39, 0.29) is 10.8 Å². The molecule has 4 nitrogen and oxygen atoms in total. The van der Waals surface area contributed by atoms with Gasteiger partial charge in [-0.15, -0.1) is 0 Å². The Bertz CT molecular complexity index is 229. The molecule has 0 saturated heterocycles. The Morgan fingerprint density at radius 3 is 3.00 bits per heavy atom. The van der Waals surface area contributed by atoms with Crippen molar-refractivity contribution < 1.29 is 4.84 Å². The first kappa shape index (κ1) is 9.38. The molecule has 0 aromatic heterocycles. The van der Waals surface area contributed by atoms with Crippen LogP contribution < -0.4 is 5.73 Å². The fourth-order valence-electron chi connectivity index (χ4n) is 0.917. The third-order valence-corrected chi connectivity index (χ3v) is 2.54. The van der Waals surface area contributed by atoms with E-state index in [4.69, 9.17) is 16.0 Å². The molecule has 1 aliphatic rings. The molecule has 0 saturated carbocycles. The normalized spacial score (nSPS) is 28.0. The number of hydrogen-bond donors (Lipinski definition) is 2. The van der Waals surface area contributed by atoms with Gasteiger partial charge in [-0.3, -0.25) is 5.41 Å². The molecule has 0 aliphatic carbocycles. The highest BCUT2D eigenvalue weighted by Crippen LogP contribution is 2.30. The Morgan fingerprint density at radius 1 is 1.92 bits per heavy atom. The molecule has 0 aromatic carbocycles. The number of hydrogen-bond acceptors (Lipinski definition) is 4. The molecule has 0 radical (unpaired) electrons. The van der Waals surface area contributed by atoms with E-state index in [1.165, 1.54) is 11.8 Å². The van der Waals surface area contributed by atoms with Gasteiger partial charge < -0.3 is 10.6 Å². The fourth-order valence-corrected chi connectivity index (χ4v) is 1.62. The molecular formula is C7H13N3OS. The van der Waals surface area contributed by atoms with Gasteiger partial charge in [-0.1, -0.05) is 12.1 Å². The van der Waals surface area contributed by atoms with E-state index in [9.17, 15) is 0 Å². The van der Waals surface area contributed by atoms with Gasteiger partial charge in [0.25, 0.3) is 0 Å². The van der Waals surface area contributed by atoms with Gasteiger partial charge in [0.1, 0.15) is 10.6 Å². The van der Waals surface area contributed by atoms with Crippen LogP contribution in [0.2, 0.25) is 0 Å². The van der Waals surface area contributed by atoms with Gasteiger partial charge in [0.15, 0.2) is 5.17 Å². The van der Waals surface area contributed by atoms with Crippen LogP contribution in [0.4, 0.5) is 0 Å². The van der Waals surface area contributed by atoms with Crippen molar-refractivity contribution in [3.8, 4) is 0 Å². The molecule has 1 rings (SSSR count). The van der Waals surface area contributed by atoms with Crippen LogP contribution in [0.15, 0.2) is 5.16 Å². The van der Waals surface area contributed by atoms with E-state index in [2.05, 4.69) is 12.1 Å². The zero-order chi connectivity index (χ0) is 9.19. The number of nitrogens with one attached hydrogen (secondary N) is 1. The number of thioether (sulfide) groups is 1. The Labute approximate surface area is 76.0 Å². The van der Waals surface area contributed by atoms with Crippen LogP contribution in [-0.4, -0.2) is 15.8 Å². The van der Waals surface area contributed by atoms with Crippen molar-refractivity contribution in [1.29, 1.82) is 5.41 Å². The zero-order valence-electron chi connectivity index (χ0n) is 7.26. The van der Waals surface area contributed by atoms with Crippen molar-refractivity contribution in [2.45, 2.75) is 32.3 Å². The maximum atomic E-state index is 7.05. The Balaban J connectivity index is 2.48. The van der Waals surface area contributed by atoms with Crippen LogP contribution in [0.3, 0.4) is 0 Å². The van der Waals surface area contributed by atoms with Crippen molar-refractivity contribution in [3.05, 3.63) is 0 Å². The Morgan fingerprint density at radius 2 is 2.58 bits per heavy atom. The van der Waals surface area contributed by atoms with Crippen molar-refractivity contribution in [2.24, 2.45) is 10.9 Å². The van der Waals surface area contributed by atoms with Gasteiger partial charge in [0, 0.05) is 6.42 Å². The summed E-state index contributed by atoms with van der Waals surface area (Å²) < 4.78 is 0. The Hall–Kier alpha value is -0.710. The maximum Gasteiger partial charge on any atom is 0.157 e. The highest BCUT2D eigenvalue weighted by molar-refractivity contribution is 8.26. The molecule has 1 unspecified atom stereocenters. The summed E-state index contributed by atoms with van der Waals surface area (Å²) in [7, 11) is 0. The molecule has 3 N–H and O–H groups in total. The van der Waals surface area contributed by atoms with Crippen LogP contribution in [-0.2, 0) is 4.84 Å². The minimum absolute atomic E-state index is 0.0673. The predicted molar refractivity (Wildman–Crippen MR) is 51.3 cm³/mol. The van der Waals surface area contributed by atoms with Gasteiger partial charge in [0.05, 0.1) is 0 Å². The van der Waals surface area contributed by atoms with Crippen LogP contribution in [0.1, 0.15) is 26.7 Å². The lowest BCUT2D eigenvalue weighted by molar-refractivity contribution is -0.00604. The van der Waals surface area contributed by atoms with Crippen LogP contribution in [0.25, 0.3) is 0 Å². The number of nitrogens with two attached hydrogens (primary N) is 1. The molecule has 0 bridgehead atoms. The minimum atomic E-state index is -0.183. The summed E-state index contributed by atoms with van der Waals surface area (Å²) in [4.78, 5) is 5.22. The van der Waals surface area contributed by atoms with E-state index in [1.807, 2.05) is 6.92 Å². The van der Waals surface area contributed by atoms with Crippen molar-refractivity contribution in [2.75, 3.05) is 0 Å². The molecule has 1 heterocycles. The second-order valence-corrected chi connectivity index (χ2v) is 4.14. The number of oxime groups is 1. The van der Waals surface area contributed by atoms with Crippen molar-refractivity contribution >= 4 is 22.0 Å². The highest BCUT2D eigenvalue weighted by Gasteiger charge is 2.32. The van der Waals surface area contributed by atoms with Crippen LogP contribution >= 0.6 is 11.8 Å². The van der Waals surface area contributed by atoms with E-state index in [0.717, 1.165) is 17.9 Å². The molecule has 1 aliphatic heterocycles. The summed E-state index contributed by atoms with van der Waals surface area (Å²) in [6.07, 6.45) is 1.67. The summed E-state index contributed by atoms with van der Waals surface area (Å²) >= 11 is 1.17. The van der Waals surface area contributed by atoms with E-state index in [1.54, 1.807) is 0 Å². The lowest BCUT2D eigenvalue weighted by Gasteiger charge is -2.17. The molecule has 1 atom stereocenters. The molecule has 5 heteroatoms. The van der Waals surface area contributed by atoms with E-state index < -0.39 is 0 Å². The lowest BCUT2D eigenvalue weighted by Crippen LogP contribution is -2.23. The van der Waals surface area contributed by atoms with Gasteiger partial charge in [-0.25, -0.2) is 0 Å². The molecule has 0 spiro atoms. The average molecular weight is 187 g/mol. The first-order valence-corrected chi connectivity index (χ1v) is 4.64. The van der Waals surface area contributed by atoms with E-state index >= 15 is 0 Å².